The summed E-state index contributed by atoms with van der Waals surface area (Å²) in [5.41, 5.74) is 14.2. The highest BCUT2D eigenvalue weighted by Gasteiger charge is 1.47. The van der Waals surface area contributed by atoms with E-state index in [1.54, 1.807) is 0 Å². The summed E-state index contributed by atoms with van der Waals surface area (Å²) in [6.45, 7) is 0.250. The van der Waals surface area contributed by atoms with Gasteiger partial charge in [-0.3, -0.25) is 0 Å². The molecular formula is C3H14N3P3S3. The van der Waals surface area contributed by atoms with Crippen LogP contribution in [0.4, 0.5) is 0 Å². The first-order valence-corrected chi connectivity index (χ1v) is 8.90. The molecule has 0 spiro atoms. The molecule has 0 unspecified atom stereocenters. The van der Waals surface area contributed by atoms with Gasteiger partial charge >= 0.3 is 0 Å². The number of nitrogens with two attached hydrogens (primary N) is 3. The van der Waals surface area contributed by atoms with E-state index in [0.717, 1.165) is 21.4 Å². The molecule has 0 radical (unpaired) electrons. The van der Waals surface area contributed by atoms with Crippen LogP contribution in [0.5, 0.6) is 0 Å². The Bertz CT molecular complexity index is 88.1. The van der Waals surface area contributed by atoms with Crippen LogP contribution in [0.1, 0.15) is 7.43 Å². The van der Waals surface area contributed by atoms with Crippen molar-refractivity contribution in [3.63, 3.8) is 0 Å². The van der Waals surface area contributed by atoms with Crippen molar-refractivity contribution in [1.29, 1.82) is 0 Å². The van der Waals surface area contributed by atoms with Crippen LogP contribution in [-0.4, -0.2) is 13.0 Å². The van der Waals surface area contributed by atoms with Gasteiger partial charge in [-0.25, -0.2) is 0 Å². The molecule has 6 N–H and O–H groups in total. The molecule has 0 amide bonds. The zero-order chi connectivity index (χ0) is 9.54. The SMILES string of the molecule is C.NCN.NCP=S.S=PP=S. The van der Waals surface area contributed by atoms with Gasteiger partial charge in [0.2, 0.25) is 0 Å². The van der Waals surface area contributed by atoms with E-state index in [0.29, 0.717) is 6.29 Å². The fourth-order valence-corrected chi connectivity index (χ4v) is 0. The van der Waals surface area contributed by atoms with Gasteiger partial charge in [-0.1, -0.05) is 19.2 Å². The minimum Gasteiger partial charge on any atom is -0.323 e. The highest BCUT2D eigenvalue weighted by Crippen LogP contribution is 2.10. The molecule has 12 heavy (non-hydrogen) atoms. The van der Waals surface area contributed by atoms with Gasteiger partial charge in [0, 0.05) is 27.0 Å². The fraction of sp³-hybridized carbons (Fsp3) is 1.00. The molecule has 0 saturated carbocycles. The molecule has 0 bridgehead atoms. The molecule has 3 nitrogen and oxygen atoms in total. The monoisotopic (exact) mass is 281 g/mol. The summed E-state index contributed by atoms with van der Waals surface area (Å²) in [6.07, 6.45) is 0.606. The van der Waals surface area contributed by atoms with E-state index in [1.165, 1.54) is 0 Å². The Kier molecular flexibility index (Phi) is 76.4. The molecule has 0 aromatic heterocycles. The van der Waals surface area contributed by atoms with Crippen molar-refractivity contribution in [2.24, 2.45) is 17.2 Å². The van der Waals surface area contributed by atoms with E-state index >= 15 is 0 Å². The van der Waals surface area contributed by atoms with Crippen LogP contribution in [0.2, 0.25) is 0 Å². The molecule has 0 fully saturated rings. The quantitative estimate of drug-likeness (QED) is 0.526. The Labute approximate surface area is 94.3 Å². The molecule has 0 aliphatic carbocycles. The molecular weight excluding hydrogens is 267 g/mol. The molecule has 9 heteroatoms. The Hall–Kier alpha value is 1.44. The average Bonchev–Trinajstić information content (AvgIpc) is 2.06. The summed E-state index contributed by atoms with van der Waals surface area (Å²) in [6, 6.07) is 0. The molecule has 0 aliphatic rings. The number of hydrogen-bond donors (Lipinski definition) is 3. The lowest BCUT2D eigenvalue weighted by atomic mass is 11.3. The zero-order valence-electron chi connectivity index (χ0n) is 5.71. The van der Waals surface area contributed by atoms with Gasteiger partial charge < -0.3 is 17.2 Å². The Morgan fingerprint density at radius 3 is 1.08 bits per heavy atom. The van der Waals surface area contributed by atoms with E-state index < -0.39 is 0 Å². The zero-order valence-corrected chi connectivity index (χ0v) is 10.8. The Morgan fingerprint density at radius 1 is 0.917 bits per heavy atom. The Morgan fingerprint density at radius 2 is 1.08 bits per heavy atom. The molecule has 0 rings (SSSR count). The highest BCUT2D eigenvalue weighted by molar-refractivity contribution is 8.40. The van der Waals surface area contributed by atoms with Crippen LogP contribution in [0.3, 0.4) is 0 Å². The molecule has 0 atom stereocenters. The van der Waals surface area contributed by atoms with Crippen molar-refractivity contribution in [1.82, 2.24) is 0 Å². The largest absolute Gasteiger partial charge is 0.323 e. The molecule has 74 valence electrons. The third-order valence-corrected chi connectivity index (χ3v) is 3.37. The first kappa shape index (κ1) is 23.3. The molecule has 0 aliphatic heterocycles. The van der Waals surface area contributed by atoms with Crippen LogP contribution in [0.15, 0.2) is 0 Å². The van der Waals surface area contributed by atoms with Crippen molar-refractivity contribution in [3.8, 4) is 0 Å². The topological polar surface area (TPSA) is 78.1 Å². The fourth-order valence-electron chi connectivity index (χ4n) is 0. The maximum atomic E-state index is 4.91. The summed E-state index contributed by atoms with van der Waals surface area (Å²) < 4.78 is 0. The van der Waals surface area contributed by atoms with E-state index in [4.69, 9.17) is 5.73 Å². The molecule has 0 aromatic rings. The summed E-state index contributed by atoms with van der Waals surface area (Å²) >= 11 is 13.2. The van der Waals surface area contributed by atoms with Crippen LogP contribution >= 0.6 is 21.4 Å². The second kappa shape index (κ2) is 39.3. The smallest absolute Gasteiger partial charge is 0.0464 e. The van der Waals surface area contributed by atoms with E-state index in [-0.39, 0.29) is 14.1 Å². The normalized spacial score (nSPS) is 7.25. The van der Waals surface area contributed by atoms with E-state index in [1.807, 2.05) is 0 Å². The van der Waals surface area contributed by atoms with Gasteiger partial charge in [0.1, 0.15) is 0 Å². The lowest BCUT2D eigenvalue weighted by Gasteiger charge is -1.57. The summed E-state index contributed by atoms with van der Waals surface area (Å²) in [4.78, 5) is 0. The van der Waals surface area contributed by atoms with Crippen molar-refractivity contribution in [2.75, 3.05) is 13.0 Å². The van der Waals surface area contributed by atoms with Gasteiger partial charge in [0.15, 0.2) is 0 Å². The lowest BCUT2D eigenvalue weighted by molar-refractivity contribution is 1.07. The second-order valence-electron chi connectivity index (χ2n) is 0.711. The van der Waals surface area contributed by atoms with Crippen LogP contribution < -0.4 is 17.2 Å². The van der Waals surface area contributed by atoms with Crippen molar-refractivity contribution < 1.29 is 0 Å². The maximum absolute atomic E-state index is 4.91. The first-order chi connectivity index (χ1) is 5.24. The minimum absolute atomic E-state index is 0. The van der Waals surface area contributed by atoms with Gasteiger partial charge in [0.25, 0.3) is 0 Å². The van der Waals surface area contributed by atoms with Crippen LogP contribution in [0.25, 0.3) is 0 Å². The van der Waals surface area contributed by atoms with Crippen LogP contribution in [-0.2, 0) is 35.4 Å². The van der Waals surface area contributed by atoms with Crippen molar-refractivity contribution >= 4 is 56.9 Å². The van der Waals surface area contributed by atoms with Gasteiger partial charge in [0.05, 0.1) is 0 Å². The first-order valence-electron chi connectivity index (χ1n) is 2.29. The third kappa shape index (κ3) is 105. The van der Waals surface area contributed by atoms with Gasteiger partial charge in [-0.2, -0.15) is 0 Å². The van der Waals surface area contributed by atoms with Crippen LogP contribution in [0, 0.1) is 0 Å². The van der Waals surface area contributed by atoms with Gasteiger partial charge in [-0.15, -0.1) is 0 Å². The molecule has 0 aromatic carbocycles. The lowest BCUT2D eigenvalue weighted by Crippen LogP contribution is -2.08. The predicted octanol–water partition coefficient (Wildman–Crippen LogP) is 1.53. The number of hydrogen-bond acceptors (Lipinski definition) is 6. The maximum Gasteiger partial charge on any atom is 0.0464 e. The average molecular weight is 281 g/mol. The third-order valence-electron chi connectivity index (χ3n) is 0.108. The minimum atomic E-state index is 0. The number of rotatable bonds is 2. The standard InChI is InChI=1S/CH6N2.CH4NPS.CH4.P2S2/c2-1-3;2-1-3-4;;3-1-2-4/h1-3H2;1-2H2;1H4;. The molecule has 0 heterocycles. The summed E-state index contributed by atoms with van der Waals surface area (Å²) in [7, 11) is 2.60. The summed E-state index contributed by atoms with van der Waals surface area (Å²) in [5.74, 6) is 0. The van der Waals surface area contributed by atoms with Crippen molar-refractivity contribution in [2.45, 2.75) is 7.43 Å². The predicted molar refractivity (Wildman–Crippen MR) is 71.9 cm³/mol. The Balaban J connectivity index is -0.0000000389. The van der Waals surface area contributed by atoms with Gasteiger partial charge in [-0.05, 0) is 31.0 Å². The van der Waals surface area contributed by atoms with E-state index in [2.05, 4.69) is 46.9 Å². The second-order valence-corrected chi connectivity index (χ2v) is 6.35. The molecule has 0 saturated heterocycles. The summed E-state index contributed by atoms with van der Waals surface area (Å²) in [5, 5.41) is 0. The highest BCUT2D eigenvalue weighted by atomic mass is 32.7. The van der Waals surface area contributed by atoms with Crippen molar-refractivity contribution in [3.05, 3.63) is 0 Å². The van der Waals surface area contributed by atoms with E-state index in [9.17, 15) is 0 Å².